The topological polar surface area (TPSA) is 53.2 Å². The predicted molar refractivity (Wildman–Crippen MR) is 35.2 cm³/mol. The second-order valence-corrected chi connectivity index (χ2v) is 2.49. The molecule has 1 aliphatic heterocycles. The highest BCUT2D eigenvalue weighted by Crippen LogP contribution is 2.17. The Morgan fingerprint density at radius 2 is 2.40 bits per heavy atom. The zero-order chi connectivity index (χ0) is 7.40. The Hall–Kier alpha value is -0.590. The van der Waals surface area contributed by atoms with Crippen molar-refractivity contribution < 1.29 is 9.84 Å². The van der Waals surface area contributed by atoms with Crippen LogP contribution in [0.1, 0.15) is 19.3 Å². The molecule has 0 bridgehead atoms. The fourth-order valence-corrected chi connectivity index (χ4v) is 1.13. The Labute approximate surface area is 60.2 Å². The summed E-state index contributed by atoms with van der Waals surface area (Å²) >= 11 is 0. The van der Waals surface area contributed by atoms with Gasteiger partial charge in [0.25, 0.3) is 0 Å². The SMILES string of the molecule is N#C[C@H]1CCC[C@@H](CO)O1. The average Bonchev–Trinajstić information content (AvgIpc) is 2.05. The minimum Gasteiger partial charge on any atom is -0.394 e. The number of aliphatic hydroxyl groups is 1. The van der Waals surface area contributed by atoms with Crippen molar-refractivity contribution in [1.29, 1.82) is 5.26 Å². The normalized spacial score (nSPS) is 33.2. The molecule has 1 saturated heterocycles. The monoisotopic (exact) mass is 141 g/mol. The Morgan fingerprint density at radius 1 is 1.60 bits per heavy atom. The van der Waals surface area contributed by atoms with E-state index < -0.39 is 0 Å². The quantitative estimate of drug-likeness (QED) is 0.576. The molecule has 1 fully saturated rings. The van der Waals surface area contributed by atoms with Gasteiger partial charge in [-0.1, -0.05) is 0 Å². The number of rotatable bonds is 1. The van der Waals surface area contributed by atoms with Crippen LogP contribution in [0.25, 0.3) is 0 Å². The second kappa shape index (κ2) is 3.55. The first kappa shape index (κ1) is 7.52. The van der Waals surface area contributed by atoms with Crippen molar-refractivity contribution in [2.24, 2.45) is 0 Å². The third-order valence-electron chi connectivity index (χ3n) is 1.70. The van der Waals surface area contributed by atoms with Crippen LogP contribution >= 0.6 is 0 Å². The third kappa shape index (κ3) is 1.69. The third-order valence-corrected chi connectivity index (χ3v) is 1.70. The maximum absolute atomic E-state index is 8.67. The molecule has 0 amide bonds. The van der Waals surface area contributed by atoms with Crippen LogP contribution in [0, 0.1) is 11.3 Å². The van der Waals surface area contributed by atoms with Crippen molar-refractivity contribution in [2.75, 3.05) is 6.61 Å². The summed E-state index contributed by atoms with van der Waals surface area (Å²) in [5.41, 5.74) is 0. The molecule has 0 aromatic carbocycles. The van der Waals surface area contributed by atoms with Gasteiger partial charge in [0.15, 0.2) is 0 Å². The highest BCUT2D eigenvalue weighted by molar-refractivity contribution is 4.87. The van der Waals surface area contributed by atoms with E-state index in [2.05, 4.69) is 0 Å². The zero-order valence-corrected chi connectivity index (χ0v) is 5.79. The van der Waals surface area contributed by atoms with Crippen molar-refractivity contribution >= 4 is 0 Å². The van der Waals surface area contributed by atoms with Crippen LogP contribution in [0.3, 0.4) is 0 Å². The maximum atomic E-state index is 8.67. The van der Waals surface area contributed by atoms with E-state index in [1.54, 1.807) is 0 Å². The predicted octanol–water partition coefficient (Wildman–Crippen LogP) is 0.440. The van der Waals surface area contributed by atoms with E-state index in [0.29, 0.717) is 0 Å². The summed E-state index contributed by atoms with van der Waals surface area (Å²) in [5.74, 6) is 0. The largest absolute Gasteiger partial charge is 0.394 e. The fraction of sp³-hybridized carbons (Fsp3) is 0.857. The van der Waals surface area contributed by atoms with E-state index in [9.17, 15) is 0 Å². The molecule has 1 N–H and O–H groups in total. The smallest absolute Gasteiger partial charge is 0.144 e. The van der Waals surface area contributed by atoms with Crippen LogP contribution < -0.4 is 0 Å². The van der Waals surface area contributed by atoms with E-state index in [1.165, 1.54) is 0 Å². The summed E-state index contributed by atoms with van der Waals surface area (Å²) in [6, 6.07) is 2.03. The summed E-state index contributed by atoms with van der Waals surface area (Å²) in [7, 11) is 0. The Bertz CT molecular complexity index is 141. The van der Waals surface area contributed by atoms with Gasteiger partial charge < -0.3 is 9.84 Å². The number of ether oxygens (including phenoxy) is 1. The lowest BCUT2D eigenvalue weighted by Gasteiger charge is -2.24. The Kier molecular flexibility index (Phi) is 2.67. The molecule has 1 aliphatic rings. The van der Waals surface area contributed by atoms with Crippen LogP contribution in [-0.4, -0.2) is 23.9 Å². The standard InChI is InChI=1S/C7H11NO2/c8-4-6-2-1-3-7(5-9)10-6/h6-7,9H,1-3,5H2/t6-,7+/m1/s1. The van der Waals surface area contributed by atoms with E-state index in [0.717, 1.165) is 19.3 Å². The summed E-state index contributed by atoms with van der Waals surface area (Å²) < 4.78 is 5.17. The van der Waals surface area contributed by atoms with Crippen molar-refractivity contribution in [1.82, 2.24) is 0 Å². The summed E-state index contributed by atoms with van der Waals surface area (Å²) in [6.45, 7) is 0.0399. The lowest BCUT2D eigenvalue weighted by Crippen LogP contribution is -2.28. The molecule has 0 unspecified atom stereocenters. The fourth-order valence-electron chi connectivity index (χ4n) is 1.13. The summed E-state index contributed by atoms with van der Waals surface area (Å²) in [5, 5.41) is 17.1. The number of nitrogens with zero attached hydrogens (tertiary/aromatic N) is 1. The molecular weight excluding hydrogens is 130 g/mol. The molecule has 3 nitrogen and oxygen atoms in total. The van der Waals surface area contributed by atoms with Gasteiger partial charge in [-0.15, -0.1) is 0 Å². The second-order valence-electron chi connectivity index (χ2n) is 2.49. The summed E-state index contributed by atoms with van der Waals surface area (Å²) in [4.78, 5) is 0. The van der Waals surface area contributed by atoms with Gasteiger partial charge in [0.2, 0.25) is 0 Å². The van der Waals surface area contributed by atoms with Crippen molar-refractivity contribution in [3.05, 3.63) is 0 Å². The minimum absolute atomic E-state index is 0.0399. The molecule has 1 heterocycles. The minimum atomic E-state index is -0.286. The van der Waals surface area contributed by atoms with Gasteiger partial charge in [-0.25, -0.2) is 0 Å². The van der Waals surface area contributed by atoms with Gasteiger partial charge in [0.1, 0.15) is 6.10 Å². The van der Waals surface area contributed by atoms with Gasteiger partial charge in [-0.05, 0) is 19.3 Å². The number of aliphatic hydroxyl groups excluding tert-OH is 1. The van der Waals surface area contributed by atoms with Crippen molar-refractivity contribution in [3.63, 3.8) is 0 Å². The molecule has 56 valence electrons. The van der Waals surface area contributed by atoms with Crippen LogP contribution in [0.15, 0.2) is 0 Å². The van der Waals surface area contributed by atoms with Crippen LogP contribution in [-0.2, 0) is 4.74 Å². The highest BCUT2D eigenvalue weighted by atomic mass is 16.5. The molecule has 0 aromatic rings. The van der Waals surface area contributed by atoms with E-state index in [4.69, 9.17) is 15.1 Å². The number of nitriles is 1. The first-order valence-electron chi connectivity index (χ1n) is 3.52. The number of hydrogen-bond donors (Lipinski definition) is 1. The van der Waals surface area contributed by atoms with E-state index in [1.807, 2.05) is 6.07 Å². The van der Waals surface area contributed by atoms with Crippen molar-refractivity contribution in [2.45, 2.75) is 31.5 Å². The van der Waals surface area contributed by atoms with Crippen LogP contribution in [0.4, 0.5) is 0 Å². The molecule has 3 heteroatoms. The Morgan fingerprint density at radius 3 is 3.00 bits per heavy atom. The molecule has 0 saturated carbocycles. The lowest BCUT2D eigenvalue weighted by atomic mass is 10.1. The first-order chi connectivity index (χ1) is 4.86. The van der Waals surface area contributed by atoms with Crippen molar-refractivity contribution in [3.8, 4) is 6.07 Å². The highest BCUT2D eigenvalue weighted by Gasteiger charge is 2.20. The van der Waals surface area contributed by atoms with Crippen LogP contribution in [0.5, 0.6) is 0 Å². The molecule has 0 aromatic heterocycles. The van der Waals surface area contributed by atoms with Gasteiger partial charge in [0, 0.05) is 0 Å². The Balaban J connectivity index is 2.33. The van der Waals surface area contributed by atoms with E-state index in [-0.39, 0.29) is 18.8 Å². The molecule has 1 rings (SSSR count). The average molecular weight is 141 g/mol. The van der Waals surface area contributed by atoms with Gasteiger partial charge in [-0.2, -0.15) is 5.26 Å². The van der Waals surface area contributed by atoms with Crippen LogP contribution in [0.2, 0.25) is 0 Å². The van der Waals surface area contributed by atoms with Gasteiger partial charge >= 0.3 is 0 Å². The molecule has 0 spiro atoms. The molecule has 2 atom stereocenters. The van der Waals surface area contributed by atoms with Gasteiger partial charge in [0.05, 0.1) is 18.8 Å². The maximum Gasteiger partial charge on any atom is 0.144 e. The molecular formula is C7H11NO2. The molecule has 0 aliphatic carbocycles. The lowest BCUT2D eigenvalue weighted by molar-refractivity contribution is -0.0478. The molecule has 10 heavy (non-hydrogen) atoms. The molecule has 0 radical (unpaired) electrons. The summed E-state index contributed by atoms with van der Waals surface area (Å²) in [6.07, 6.45) is 2.30. The zero-order valence-electron chi connectivity index (χ0n) is 5.79. The number of hydrogen-bond acceptors (Lipinski definition) is 3. The van der Waals surface area contributed by atoms with Gasteiger partial charge in [-0.3, -0.25) is 0 Å². The first-order valence-corrected chi connectivity index (χ1v) is 3.52. The van der Waals surface area contributed by atoms with E-state index >= 15 is 0 Å².